The molecule has 124 valence electrons. The first-order chi connectivity index (χ1) is 11.4. The molecule has 0 radical (unpaired) electrons. The summed E-state index contributed by atoms with van der Waals surface area (Å²) in [6, 6.07) is 8.87. The van der Waals surface area contributed by atoms with E-state index in [4.69, 9.17) is 10.8 Å². The molecule has 0 unspecified atom stereocenters. The third-order valence-electron chi connectivity index (χ3n) is 4.38. The number of nitrogens with two attached hydrogens (primary N) is 1. The molecule has 24 heavy (non-hydrogen) atoms. The van der Waals surface area contributed by atoms with Gasteiger partial charge in [0.25, 0.3) is 0 Å². The van der Waals surface area contributed by atoms with Crippen molar-refractivity contribution in [3.8, 4) is 11.1 Å². The van der Waals surface area contributed by atoms with Crippen molar-refractivity contribution in [2.24, 2.45) is 5.73 Å². The van der Waals surface area contributed by atoms with Gasteiger partial charge in [0.15, 0.2) is 0 Å². The molecule has 2 heterocycles. The maximum atomic E-state index is 12.0. The number of rotatable bonds is 2. The van der Waals surface area contributed by atoms with Gasteiger partial charge in [0, 0.05) is 36.5 Å². The highest BCUT2D eigenvalue weighted by molar-refractivity contribution is 5.94. The molecule has 6 nitrogen and oxygen atoms in total. The van der Waals surface area contributed by atoms with Gasteiger partial charge in [0.1, 0.15) is 5.69 Å². The molecule has 3 N–H and O–H groups in total. The number of fused-ring (bicyclic) bond motifs is 1. The molecule has 0 fully saturated rings. The van der Waals surface area contributed by atoms with E-state index in [-0.39, 0.29) is 23.7 Å². The van der Waals surface area contributed by atoms with E-state index in [1.807, 2.05) is 25.1 Å². The molecular formula is C18H19N3O3. The predicted molar refractivity (Wildman–Crippen MR) is 90.8 cm³/mol. The highest BCUT2D eigenvalue weighted by Gasteiger charge is 2.30. The van der Waals surface area contributed by atoms with Crippen molar-refractivity contribution in [2.75, 3.05) is 4.90 Å². The first kappa shape index (κ1) is 16.1. The van der Waals surface area contributed by atoms with Crippen LogP contribution in [-0.4, -0.2) is 28.0 Å². The topological polar surface area (TPSA) is 96.5 Å². The number of pyridine rings is 1. The second-order valence-corrected chi connectivity index (χ2v) is 6.09. The molecule has 1 aromatic heterocycles. The third kappa shape index (κ3) is 2.76. The van der Waals surface area contributed by atoms with Gasteiger partial charge in [-0.3, -0.25) is 4.79 Å². The van der Waals surface area contributed by atoms with Gasteiger partial charge >= 0.3 is 5.97 Å². The molecule has 0 saturated heterocycles. The minimum Gasteiger partial charge on any atom is -0.477 e. The summed E-state index contributed by atoms with van der Waals surface area (Å²) >= 11 is 0. The van der Waals surface area contributed by atoms with Gasteiger partial charge in [-0.05, 0) is 42.7 Å². The van der Waals surface area contributed by atoms with E-state index in [0.717, 1.165) is 22.4 Å². The zero-order valence-electron chi connectivity index (χ0n) is 13.6. The molecule has 3 rings (SSSR count). The number of aromatic nitrogens is 1. The second kappa shape index (κ2) is 6.05. The van der Waals surface area contributed by atoms with Crippen molar-refractivity contribution in [3.63, 3.8) is 0 Å². The molecule has 1 aromatic carbocycles. The van der Waals surface area contributed by atoms with Crippen LogP contribution in [0.2, 0.25) is 0 Å². The average Bonchev–Trinajstić information content (AvgIpc) is 2.54. The summed E-state index contributed by atoms with van der Waals surface area (Å²) in [5.41, 5.74) is 9.75. The number of carbonyl (C=O) groups excluding carboxylic acids is 1. The van der Waals surface area contributed by atoms with Crippen LogP contribution in [0.1, 0.15) is 42.4 Å². The van der Waals surface area contributed by atoms with Gasteiger partial charge in [-0.2, -0.15) is 0 Å². The number of carboxylic acid groups (broad SMARTS) is 1. The summed E-state index contributed by atoms with van der Waals surface area (Å²) in [5, 5.41) is 8.93. The third-order valence-corrected chi connectivity index (χ3v) is 4.38. The molecular weight excluding hydrogens is 306 g/mol. The Balaban J connectivity index is 2.03. The summed E-state index contributed by atoms with van der Waals surface area (Å²) in [4.78, 5) is 28.6. The molecule has 0 aliphatic carbocycles. The Labute approximate surface area is 139 Å². The summed E-state index contributed by atoms with van der Waals surface area (Å²) < 4.78 is 0. The molecule has 2 aromatic rings. The van der Waals surface area contributed by atoms with E-state index < -0.39 is 5.97 Å². The van der Waals surface area contributed by atoms with E-state index in [9.17, 15) is 9.59 Å². The summed E-state index contributed by atoms with van der Waals surface area (Å²) in [7, 11) is 0. The number of hydrogen-bond acceptors (Lipinski definition) is 4. The lowest BCUT2D eigenvalue weighted by atomic mass is 9.90. The number of aromatic carboxylic acids is 1. The Kier molecular flexibility index (Phi) is 4.07. The van der Waals surface area contributed by atoms with Crippen LogP contribution in [0.4, 0.5) is 5.69 Å². The van der Waals surface area contributed by atoms with Gasteiger partial charge in [0.2, 0.25) is 5.91 Å². The van der Waals surface area contributed by atoms with Crippen LogP contribution in [-0.2, 0) is 4.79 Å². The zero-order chi connectivity index (χ0) is 17.4. The first-order valence-corrected chi connectivity index (χ1v) is 7.77. The molecule has 1 aliphatic rings. The fourth-order valence-corrected chi connectivity index (χ4v) is 3.26. The number of anilines is 1. The van der Waals surface area contributed by atoms with Crippen molar-refractivity contribution in [2.45, 2.75) is 32.4 Å². The number of benzene rings is 1. The maximum Gasteiger partial charge on any atom is 0.354 e. The van der Waals surface area contributed by atoms with E-state index >= 15 is 0 Å². The number of hydrogen-bond donors (Lipinski definition) is 2. The van der Waals surface area contributed by atoms with E-state index in [2.05, 4.69) is 4.98 Å². The van der Waals surface area contributed by atoms with Crippen molar-refractivity contribution >= 4 is 17.6 Å². The van der Waals surface area contributed by atoms with Crippen LogP contribution in [0.5, 0.6) is 0 Å². The standard InChI is InChI=1S/C18H19N3O3/c1-10-7-15(19)14-8-12(4-6-17(14)21(10)11(2)22)13-3-5-16(18(23)24)20-9-13/h3-6,8-10,15H,7,19H2,1-2H3,(H,23,24)/t10-,15+/m0/s1. The van der Waals surface area contributed by atoms with Crippen LogP contribution < -0.4 is 10.6 Å². The molecule has 0 saturated carbocycles. The summed E-state index contributed by atoms with van der Waals surface area (Å²) in [6.45, 7) is 3.55. The second-order valence-electron chi connectivity index (χ2n) is 6.09. The zero-order valence-corrected chi connectivity index (χ0v) is 13.6. The van der Waals surface area contributed by atoms with E-state index in [1.165, 1.54) is 12.3 Å². The van der Waals surface area contributed by atoms with E-state index in [1.54, 1.807) is 17.9 Å². The fraction of sp³-hybridized carbons (Fsp3) is 0.278. The number of carboxylic acids is 1. The molecule has 1 aliphatic heterocycles. The van der Waals surface area contributed by atoms with E-state index in [0.29, 0.717) is 6.42 Å². The van der Waals surface area contributed by atoms with Crippen LogP contribution in [0.15, 0.2) is 36.5 Å². The maximum absolute atomic E-state index is 12.0. The number of carbonyl (C=O) groups is 2. The number of nitrogens with zero attached hydrogens (tertiary/aromatic N) is 2. The normalized spacial score (nSPS) is 19.7. The minimum absolute atomic E-state index is 0.00382. The highest BCUT2D eigenvalue weighted by Crippen LogP contribution is 2.38. The lowest BCUT2D eigenvalue weighted by molar-refractivity contribution is -0.117. The van der Waals surface area contributed by atoms with Crippen molar-refractivity contribution in [1.29, 1.82) is 0 Å². The van der Waals surface area contributed by atoms with Crippen molar-refractivity contribution < 1.29 is 14.7 Å². The smallest absolute Gasteiger partial charge is 0.354 e. The number of amides is 1. The Morgan fingerprint density at radius 1 is 1.25 bits per heavy atom. The van der Waals surface area contributed by atoms with Gasteiger partial charge in [-0.1, -0.05) is 12.1 Å². The average molecular weight is 325 g/mol. The first-order valence-electron chi connectivity index (χ1n) is 7.77. The highest BCUT2D eigenvalue weighted by atomic mass is 16.4. The Bertz CT molecular complexity index is 802. The Morgan fingerprint density at radius 3 is 2.54 bits per heavy atom. The molecule has 1 amide bonds. The largest absolute Gasteiger partial charge is 0.477 e. The van der Waals surface area contributed by atoms with Crippen LogP contribution in [0, 0.1) is 0 Å². The molecule has 2 atom stereocenters. The summed E-state index contributed by atoms with van der Waals surface area (Å²) in [6.07, 6.45) is 2.23. The lowest BCUT2D eigenvalue weighted by Gasteiger charge is -2.37. The van der Waals surface area contributed by atoms with Gasteiger partial charge in [-0.15, -0.1) is 0 Å². The monoisotopic (exact) mass is 325 g/mol. The van der Waals surface area contributed by atoms with Gasteiger partial charge in [-0.25, -0.2) is 9.78 Å². The van der Waals surface area contributed by atoms with Crippen LogP contribution in [0.3, 0.4) is 0 Å². The molecule has 6 heteroatoms. The fourth-order valence-electron chi connectivity index (χ4n) is 3.26. The van der Waals surface area contributed by atoms with Crippen LogP contribution >= 0.6 is 0 Å². The molecule has 0 spiro atoms. The predicted octanol–water partition coefficient (Wildman–Crippen LogP) is 2.59. The van der Waals surface area contributed by atoms with Gasteiger partial charge < -0.3 is 15.7 Å². The molecule has 0 bridgehead atoms. The van der Waals surface area contributed by atoms with Crippen molar-refractivity contribution in [1.82, 2.24) is 4.98 Å². The Hall–Kier alpha value is -2.73. The summed E-state index contributed by atoms with van der Waals surface area (Å²) in [5.74, 6) is -1.06. The SMILES string of the molecule is CC(=O)N1c2ccc(-c3ccc(C(=O)O)nc3)cc2[C@H](N)C[C@@H]1C. The lowest BCUT2D eigenvalue weighted by Crippen LogP contribution is -2.43. The quantitative estimate of drug-likeness (QED) is 0.884. The van der Waals surface area contributed by atoms with Gasteiger partial charge in [0.05, 0.1) is 0 Å². The van der Waals surface area contributed by atoms with Crippen molar-refractivity contribution in [3.05, 3.63) is 47.8 Å². The Morgan fingerprint density at radius 2 is 1.96 bits per heavy atom. The minimum atomic E-state index is -1.06. The van der Waals surface area contributed by atoms with Crippen LogP contribution in [0.25, 0.3) is 11.1 Å².